The van der Waals surface area contributed by atoms with Gasteiger partial charge in [0.2, 0.25) is 5.91 Å². The number of nitrogens with one attached hydrogen (secondary N) is 1. The molecule has 0 saturated carbocycles. The molecule has 1 aliphatic heterocycles. The zero-order chi connectivity index (χ0) is 17.6. The lowest BCUT2D eigenvalue weighted by atomic mass is 10.1. The molecule has 136 valence electrons. The summed E-state index contributed by atoms with van der Waals surface area (Å²) in [5, 5.41) is 4.15. The van der Waals surface area contributed by atoms with Crippen LogP contribution in [0.5, 0.6) is 0 Å². The minimum absolute atomic E-state index is 0.0998. The van der Waals surface area contributed by atoms with Crippen LogP contribution in [0.25, 0.3) is 10.2 Å². The van der Waals surface area contributed by atoms with E-state index in [-0.39, 0.29) is 11.8 Å². The van der Waals surface area contributed by atoms with Crippen molar-refractivity contribution in [2.45, 2.75) is 38.7 Å². The zero-order valence-corrected chi connectivity index (χ0v) is 15.8. The van der Waals surface area contributed by atoms with Crippen molar-refractivity contribution in [3.8, 4) is 0 Å². The maximum absolute atomic E-state index is 12.2. The third kappa shape index (κ3) is 5.00. The van der Waals surface area contributed by atoms with Gasteiger partial charge in [0.15, 0.2) is 0 Å². The quantitative estimate of drug-likeness (QED) is 0.824. The maximum atomic E-state index is 12.2. The number of carbonyl (C=O) groups is 1. The molecule has 3 rings (SSSR count). The number of piperidine rings is 1. The molecule has 0 radical (unpaired) electrons. The molecule has 1 aromatic carbocycles. The van der Waals surface area contributed by atoms with Crippen molar-refractivity contribution < 1.29 is 9.53 Å². The first kappa shape index (κ1) is 18.3. The Bertz CT molecular complexity index is 662. The van der Waals surface area contributed by atoms with Crippen molar-refractivity contribution in [3.63, 3.8) is 0 Å². The van der Waals surface area contributed by atoms with Crippen LogP contribution in [0.15, 0.2) is 24.3 Å². The first-order valence-corrected chi connectivity index (χ1v) is 9.93. The molecule has 2 heterocycles. The van der Waals surface area contributed by atoms with Gasteiger partial charge >= 0.3 is 0 Å². The molecule has 1 saturated heterocycles. The van der Waals surface area contributed by atoms with Crippen LogP contribution in [0, 0.1) is 0 Å². The Labute approximate surface area is 153 Å². The van der Waals surface area contributed by atoms with Crippen molar-refractivity contribution in [1.29, 1.82) is 0 Å². The van der Waals surface area contributed by atoms with Crippen LogP contribution in [0.4, 0.5) is 0 Å². The Morgan fingerprint density at radius 3 is 2.88 bits per heavy atom. The second-order valence-corrected chi connectivity index (χ2v) is 7.72. The van der Waals surface area contributed by atoms with Gasteiger partial charge in [0.1, 0.15) is 0 Å². The summed E-state index contributed by atoms with van der Waals surface area (Å²) in [6.45, 7) is 7.91. The van der Waals surface area contributed by atoms with Crippen LogP contribution in [0.2, 0.25) is 0 Å². The van der Waals surface area contributed by atoms with Gasteiger partial charge in [-0.15, -0.1) is 11.3 Å². The van der Waals surface area contributed by atoms with E-state index in [0.29, 0.717) is 19.2 Å². The summed E-state index contributed by atoms with van der Waals surface area (Å²) in [4.78, 5) is 19.1. The van der Waals surface area contributed by atoms with Gasteiger partial charge in [0.05, 0.1) is 27.9 Å². The van der Waals surface area contributed by atoms with Crippen molar-refractivity contribution in [2.75, 3.05) is 32.8 Å². The number of fused-ring (bicyclic) bond motifs is 1. The van der Waals surface area contributed by atoms with Gasteiger partial charge in [-0.1, -0.05) is 19.1 Å². The summed E-state index contributed by atoms with van der Waals surface area (Å²) in [5.74, 6) is 0.327. The number of likely N-dealkylation sites (tertiary alicyclic amines) is 1. The fourth-order valence-electron chi connectivity index (χ4n) is 3.18. The second-order valence-electron chi connectivity index (χ2n) is 6.66. The first-order chi connectivity index (χ1) is 12.2. The number of thiazole rings is 1. The molecule has 1 N–H and O–H groups in total. The molecule has 25 heavy (non-hydrogen) atoms. The molecular formula is C19H27N3O2S. The van der Waals surface area contributed by atoms with Crippen molar-refractivity contribution in [1.82, 2.24) is 15.2 Å². The summed E-state index contributed by atoms with van der Waals surface area (Å²) in [7, 11) is 0. The Morgan fingerprint density at radius 1 is 1.40 bits per heavy atom. The van der Waals surface area contributed by atoms with Gasteiger partial charge in [0.25, 0.3) is 0 Å². The number of aromatic nitrogens is 1. The summed E-state index contributed by atoms with van der Waals surface area (Å²) in [6.07, 6.45) is 2.40. The van der Waals surface area contributed by atoms with E-state index in [1.165, 1.54) is 4.70 Å². The largest absolute Gasteiger partial charge is 0.378 e. The summed E-state index contributed by atoms with van der Waals surface area (Å²) in [5.41, 5.74) is 1.04. The third-order valence-electron chi connectivity index (χ3n) is 4.64. The lowest BCUT2D eigenvalue weighted by molar-refractivity contribution is -0.123. The number of benzene rings is 1. The highest BCUT2D eigenvalue weighted by Gasteiger charge is 2.21. The molecular weight excluding hydrogens is 334 g/mol. The van der Waals surface area contributed by atoms with Gasteiger partial charge in [-0.2, -0.15) is 0 Å². The average Bonchev–Trinajstić information content (AvgIpc) is 3.06. The Kier molecular flexibility index (Phi) is 6.39. The fourth-order valence-corrected chi connectivity index (χ4v) is 4.20. The summed E-state index contributed by atoms with van der Waals surface area (Å²) >= 11 is 1.71. The minimum atomic E-state index is 0.0998. The van der Waals surface area contributed by atoms with E-state index in [1.807, 2.05) is 25.1 Å². The van der Waals surface area contributed by atoms with E-state index in [0.717, 1.165) is 43.1 Å². The van der Waals surface area contributed by atoms with Crippen LogP contribution in [0.1, 0.15) is 37.6 Å². The van der Waals surface area contributed by atoms with Gasteiger partial charge in [0, 0.05) is 32.2 Å². The molecule has 1 fully saturated rings. The second kappa shape index (κ2) is 8.74. The van der Waals surface area contributed by atoms with Crippen LogP contribution >= 0.6 is 11.3 Å². The molecule has 1 aliphatic rings. The number of rotatable bonds is 7. The van der Waals surface area contributed by atoms with Crippen molar-refractivity contribution >= 4 is 27.5 Å². The zero-order valence-electron chi connectivity index (χ0n) is 15.0. The lowest BCUT2D eigenvalue weighted by Crippen LogP contribution is -2.43. The standard InChI is InChI=1S/C19H27N3O2S/c1-3-24-15-8-10-22(11-9-15)13-18(23)20-12-14(2)19-21-16-6-4-5-7-17(16)25-19/h4-7,14-15H,3,8-13H2,1-2H3,(H,20,23)/t14-/m0/s1. The van der Waals surface area contributed by atoms with E-state index in [9.17, 15) is 4.79 Å². The van der Waals surface area contributed by atoms with Gasteiger partial charge in [-0.25, -0.2) is 4.98 Å². The Balaban J connectivity index is 1.43. The van der Waals surface area contributed by atoms with E-state index >= 15 is 0 Å². The van der Waals surface area contributed by atoms with E-state index in [1.54, 1.807) is 11.3 Å². The molecule has 1 aromatic heterocycles. The molecule has 0 bridgehead atoms. The van der Waals surface area contributed by atoms with Gasteiger partial charge in [-0.05, 0) is 31.9 Å². The summed E-state index contributed by atoms with van der Waals surface area (Å²) < 4.78 is 6.86. The van der Waals surface area contributed by atoms with Crippen LogP contribution in [-0.2, 0) is 9.53 Å². The maximum Gasteiger partial charge on any atom is 0.234 e. The topological polar surface area (TPSA) is 54.5 Å². The van der Waals surface area contributed by atoms with Crippen molar-refractivity contribution in [3.05, 3.63) is 29.3 Å². The lowest BCUT2D eigenvalue weighted by Gasteiger charge is -2.31. The fraction of sp³-hybridized carbons (Fsp3) is 0.579. The number of para-hydroxylation sites is 1. The number of ether oxygens (including phenoxy) is 1. The SMILES string of the molecule is CCOC1CCN(CC(=O)NC[C@H](C)c2nc3ccccc3s2)CC1. The summed E-state index contributed by atoms with van der Waals surface area (Å²) in [6, 6.07) is 8.17. The molecule has 0 aliphatic carbocycles. The smallest absolute Gasteiger partial charge is 0.234 e. The normalized spacial score (nSPS) is 17.7. The third-order valence-corrected chi connectivity index (χ3v) is 5.91. The van der Waals surface area contributed by atoms with Crippen LogP contribution in [-0.4, -0.2) is 54.7 Å². The number of hydrogen-bond donors (Lipinski definition) is 1. The Morgan fingerprint density at radius 2 is 2.16 bits per heavy atom. The number of carbonyl (C=O) groups excluding carboxylic acids is 1. The monoisotopic (exact) mass is 361 g/mol. The van der Waals surface area contributed by atoms with Gasteiger partial charge in [-0.3, -0.25) is 9.69 Å². The van der Waals surface area contributed by atoms with Crippen molar-refractivity contribution in [2.24, 2.45) is 0 Å². The number of nitrogens with zero attached hydrogens (tertiary/aromatic N) is 2. The molecule has 1 atom stereocenters. The molecule has 2 aromatic rings. The first-order valence-electron chi connectivity index (χ1n) is 9.11. The van der Waals surface area contributed by atoms with Gasteiger partial charge < -0.3 is 10.1 Å². The minimum Gasteiger partial charge on any atom is -0.378 e. The molecule has 0 spiro atoms. The Hall–Kier alpha value is -1.50. The highest BCUT2D eigenvalue weighted by atomic mass is 32.1. The number of hydrogen-bond acceptors (Lipinski definition) is 5. The highest BCUT2D eigenvalue weighted by Crippen LogP contribution is 2.26. The van der Waals surface area contributed by atoms with E-state index in [2.05, 4.69) is 28.2 Å². The highest BCUT2D eigenvalue weighted by molar-refractivity contribution is 7.18. The number of amides is 1. The predicted octanol–water partition coefficient (Wildman–Crippen LogP) is 3.02. The molecule has 6 heteroatoms. The molecule has 1 amide bonds. The van der Waals surface area contributed by atoms with E-state index < -0.39 is 0 Å². The predicted molar refractivity (Wildman–Crippen MR) is 102 cm³/mol. The molecule has 0 unspecified atom stereocenters. The van der Waals surface area contributed by atoms with E-state index in [4.69, 9.17) is 4.74 Å². The van der Waals surface area contributed by atoms with Crippen LogP contribution < -0.4 is 5.32 Å². The molecule has 5 nitrogen and oxygen atoms in total. The average molecular weight is 362 g/mol. The van der Waals surface area contributed by atoms with Crippen LogP contribution in [0.3, 0.4) is 0 Å².